The van der Waals surface area contributed by atoms with Crippen molar-refractivity contribution in [2.24, 2.45) is 35.5 Å². The summed E-state index contributed by atoms with van der Waals surface area (Å²) in [5, 5.41) is 20.2. The van der Waals surface area contributed by atoms with Crippen molar-refractivity contribution in [1.29, 1.82) is 5.26 Å². The second-order valence-electron chi connectivity index (χ2n) is 11.5. The van der Waals surface area contributed by atoms with Crippen molar-refractivity contribution >= 4 is 28.6 Å². The van der Waals surface area contributed by atoms with Crippen LogP contribution in [0.3, 0.4) is 0 Å². The Morgan fingerprint density at radius 3 is 2.84 bits per heavy atom. The molecule has 4 aliphatic carbocycles. The van der Waals surface area contributed by atoms with Gasteiger partial charge in [0.05, 0.1) is 13.2 Å². The van der Waals surface area contributed by atoms with E-state index in [2.05, 4.69) is 33.9 Å². The molecule has 0 spiro atoms. The van der Waals surface area contributed by atoms with Crippen molar-refractivity contribution in [1.82, 2.24) is 20.9 Å². The van der Waals surface area contributed by atoms with E-state index in [1.54, 1.807) is 13.2 Å². The summed E-state index contributed by atoms with van der Waals surface area (Å²) in [6.07, 6.45) is 3.87. The third kappa shape index (κ3) is 3.94. The van der Waals surface area contributed by atoms with Gasteiger partial charge in [0.15, 0.2) is 0 Å². The van der Waals surface area contributed by atoms with E-state index in [1.807, 2.05) is 18.2 Å². The van der Waals surface area contributed by atoms with E-state index < -0.39 is 11.6 Å². The Morgan fingerprint density at radius 1 is 1.30 bits per heavy atom. The van der Waals surface area contributed by atoms with Gasteiger partial charge in [-0.2, -0.15) is 5.26 Å². The van der Waals surface area contributed by atoms with Gasteiger partial charge in [-0.15, -0.1) is 0 Å². The summed E-state index contributed by atoms with van der Waals surface area (Å²) < 4.78 is 5.40. The highest BCUT2D eigenvalue weighted by atomic mass is 16.5. The molecule has 7 rings (SSSR count). The topological polar surface area (TPSA) is 136 Å². The zero-order valence-electron chi connectivity index (χ0n) is 21.2. The lowest BCUT2D eigenvalue weighted by molar-refractivity contribution is -0.138. The second kappa shape index (κ2) is 8.79. The van der Waals surface area contributed by atoms with Crippen molar-refractivity contribution < 1.29 is 19.1 Å². The molecule has 5 aliphatic rings. The van der Waals surface area contributed by atoms with Crippen molar-refractivity contribution in [3.63, 3.8) is 0 Å². The third-order valence-electron chi connectivity index (χ3n) is 9.33. The van der Waals surface area contributed by atoms with Crippen LogP contribution in [0.4, 0.5) is 0 Å². The highest BCUT2D eigenvalue weighted by Gasteiger charge is 2.63. The summed E-state index contributed by atoms with van der Waals surface area (Å²) in [6, 6.07) is 8.94. The number of aromatic amines is 1. The Hall–Kier alpha value is -3.54. The third-order valence-corrected chi connectivity index (χ3v) is 9.33. The summed E-state index contributed by atoms with van der Waals surface area (Å²) >= 11 is 0. The zero-order valence-corrected chi connectivity index (χ0v) is 21.2. The molecular formula is C28H33N5O4. The number of aromatic nitrogens is 1. The lowest BCUT2D eigenvalue weighted by Gasteiger charge is -2.56. The number of rotatable bonds is 7. The standard InChI is InChI=1S/C28H33N5O4/c1-14-8-19-24-18(12-30-27(24)36)17(14)11-28(19,13-29)33-26(35)21(9-15-6-7-15)32-25(34)22-10-16-20(31-22)4-3-5-23(16)37-2/h3-5,10,14-15,17-19,21,24,31H,6-9,11-12H2,1-2H3,(H,30,36)(H,32,34)(H,33,35)/t14?,17-,18+,19+,21+,24+,28-/m1/s1. The van der Waals surface area contributed by atoms with E-state index >= 15 is 0 Å². The average molecular weight is 504 g/mol. The van der Waals surface area contributed by atoms with Crippen molar-refractivity contribution in [2.45, 2.75) is 50.6 Å². The molecule has 4 saturated carbocycles. The van der Waals surface area contributed by atoms with E-state index in [-0.39, 0.29) is 41.4 Å². The van der Waals surface area contributed by atoms with Crippen LogP contribution in [-0.4, -0.2) is 47.9 Å². The van der Waals surface area contributed by atoms with Crippen molar-refractivity contribution in [3.05, 3.63) is 30.0 Å². The minimum atomic E-state index is -1.10. The molecule has 5 fully saturated rings. The zero-order chi connectivity index (χ0) is 25.9. The lowest BCUT2D eigenvalue weighted by atomic mass is 9.49. The van der Waals surface area contributed by atoms with Crippen LogP contribution < -0.4 is 20.7 Å². The predicted octanol–water partition coefficient (Wildman–Crippen LogP) is 2.49. The molecule has 4 N–H and O–H groups in total. The van der Waals surface area contributed by atoms with E-state index in [9.17, 15) is 19.6 Å². The first kappa shape index (κ1) is 23.8. The molecular weight excluding hydrogens is 470 g/mol. The number of ether oxygens (including phenoxy) is 1. The fourth-order valence-electron chi connectivity index (χ4n) is 7.27. The largest absolute Gasteiger partial charge is 0.496 e. The Kier molecular flexibility index (Phi) is 5.66. The number of nitriles is 1. The van der Waals surface area contributed by atoms with Gasteiger partial charge in [0.25, 0.3) is 5.91 Å². The maximum absolute atomic E-state index is 13.7. The normalized spacial score (nSPS) is 32.8. The molecule has 7 atom stereocenters. The molecule has 1 unspecified atom stereocenters. The lowest BCUT2D eigenvalue weighted by Crippen LogP contribution is -2.67. The number of amides is 3. The summed E-state index contributed by atoms with van der Waals surface area (Å²) in [7, 11) is 1.58. The van der Waals surface area contributed by atoms with Gasteiger partial charge in [0.1, 0.15) is 23.0 Å². The van der Waals surface area contributed by atoms with Gasteiger partial charge >= 0.3 is 0 Å². The number of carbonyl (C=O) groups excluding carboxylic acids is 3. The van der Waals surface area contributed by atoms with Crippen LogP contribution in [0.15, 0.2) is 24.3 Å². The monoisotopic (exact) mass is 503 g/mol. The quantitative estimate of drug-likeness (QED) is 0.460. The number of hydrogen-bond acceptors (Lipinski definition) is 5. The summed E-state index contributed by atoms with van der Waals surface area (Å²) in [4.78, 5) is 42.8. The number of nitrogens with one attached hydrogen (secondary N) is 4. The number of hydrogen-bond donors (Lipinski definition) is 4. The SMILES string of the molecule is COc1cccc2[nH]c(C(=O)N[C@@H](CC3CC3)C(=O)N[C@@]3(C#N)C[C@@H]4C(C)C[C@H]3[C@H]3C(=O)NC[C@H]34)cc12. The van der Waals surface area contributed by atoms with Crippen LogP contribution in [-0.2, 0) is 9.59 Å². The average Bonchev–Trinajstić information content (AvgIpc) is 3.45. The van der Waals surface area contributed by atoms with E-state index in [0.29, 0.717) is 42.7 Å². The first-order chi connectivity index (χ1) is 17.8. The van der Waals surface area contributed by atoms with Gasteiger partial charge in [0, 0.05) is 29.3 Å². The van der Waals surface area contributed by atoms with Crippen LogP contribution in [0.2, 0.25) is 0 Å². The van der Waals surface area contributed by atoms with Gasteiger partial charge in [-0.3, -0.25) is 14.4 Å². The Bertz CT molecular complexity index is 1310. The Balaban J connectivity index is 1.23. The molecule has 9 nitrogen and oxygen atoms in total. The predicted molar refractivity (Wildman–Crippen MR) is 135 cm³/mol. The highest BCUT2D eigenvalue weighted by molar-refractivity contribution is 6.01. The molecule has 3 amide bonds. The van der Waals surface area contributed by atoms with Crippen LogP contribution in [0, 0.1) is 46.8 Å². The van der Waals surface area contributed by atoms with Gasteiger partial charge in [0.2, 0.25) is 11.8 Å². The number of benzene rings is 1. The first-order valence-corrected chi connectivity index (χ1v) is 13.3. The fourth-order valence-corrected chi connectivity index (χ4v) is 7.27. The number of methoxy groups -OCH3 is 1. The van der Waals surface area contributed by atoms with E-state index in [1.165, 1.54) is 0 Å². The van der Waals surface area contributed by atoms with E-state index in [0.717, 1.165) is 30.2 Å². The number of nitrogens with zero attached hydrogens (tertiary/aromatic N) is 1. The summed E-state index contributed by atoms with van der Waals surface area (Å²) in [5.41, 5.74) is 0.0185. The van der Waals surface area contributed by atoms with Crippen LogP contribution in [0.25, 0.3) is 10.9 Å². The van der Waals surface area contributed by atoms with Crippen LogP contribution in [0.5, 0.6) is 5.75 Å². The minimum Gasteiger partial charge on any atom is -0.496 e. The maximum atomic E-state index is 13.7. The first-order valence-electron chi connectivity index (χ1n) is 13.3. The molecule has 9 heteroatoms. The molecule has 37 heavy (non-hydrogen) atoms. The van der Waals surface area contributed by atoms with Gasteiger partial charge < -0.3 is 25.7 Å². The molecule has 1 aliphatic heterocycles. The highest BCUT2D eigenvalue weighted by Crippen LogP contribution is 2.57. The molecule has 0 radical (unpaired) electrons. The maximum Gasteiger partial charge on any atom is 0.268 e. The summed E-state index contributed by atoms with van der Waals surface area (Å²) in [6.45, 7) is 2.84. The molecule has 1 aromatic heterocycles. The van der Waals surface area contributed by atoms with E-state index in [4.69, 9.17) is 4.74 Å². The van der Waals surface area contributed by atoms with Gasteiger partial charge in [-0.1, -0.05) is 25.8 Å². The molecule has 194 valence electrons. The summed E-state index contributed by atoms with van der Waals surface area (Å²) in [5.74, 6) is 0.671. The van der Waals surface area contributed by atoms with Crippen LogP contribution >= 0.6 is 0 Å². The van der Waals surface area contributed by atoms with Gasteiger partial charge in [-0.05, 0) is 61.1 Å². The van der Waals surface area contributed by atoms with Gasteiger partial charge in [-0.25, -0.2) is 0 Å². The second-order valence-corrected chi connectivity index (χ2v) is 11.5. The minimum absolute atomic E-state index is 0.00227. The fraction of sp³-hybridized carbons (Fsp3) is 0.571. The molecule has 1 aromatic carbocycles. The number of carbonyl (C=O) groups is 3. The Labute approximate surface area is 215 Å². The molecule has 2 aromatic rings. The van der Waals surface area contributed by atoms with Crippen molar-refractivity contribution in [3.8, 4) is 11.8 Å². The molecule has 1 saturated heterocycles. The number of H-pyrrole nitrogens is 1. The molecule has 2 heterocycles. The van der Waals surface area contributed by atoms with Crippen LogP contribution in [0.1, 0.15) is 49.5 Å². The number of fused-ring (bicyclic) bond motifs is 3. The molecule has 2 bridgehead atoms. The smallest absolute Gasteiger partial charge is 0.268 e. The Morgan fingerprint density at radius 2 is 2.11 bits per heavy atom. The van der Waals surface area contributed by atoms with Crippen molar-refractivity contribution in [2.75, 3.05) is 13.7 Å².